The minimum Gasteiger partial charge on any atom is -0.368 e. The molecule has 0 aromatic heterocycles. The maximum atomic E-state index is 13.0. The highest BCUT2D eigenvalue weighted by Gasteiger charge is 2.19. The molecule has 5 heteroatoms. The lowest BCUT2D eigenvalue weighted by molar-refractivity contribution is -0.129. The Labute approximate surface area is 105 Å². The Morgan fingerprint density at radius 2 is 1.94 bits per heavy atom. The van der Waals surface area contributed by atoms with Crippen molar-refractivity contribution in [1.29, 1.82) is 0 Å². The van der Waals surface area contributed by atoms with E-state index >= 15 is 0 Å². The summed E-state index contributed by atoms with van der Waals surface area (Å²) < 4.78 is 13.0. The summed E-state index contributed by atoms with van der Waals surface area (Å²) in [4.78, 5) is 15.1. The molecule has 1 heterocycles. The molecule has 92 valence electrons. The third-order valence-electron chi connectivity index (χ3n) is 2.99. The van der Waals surface area contributed by atoms with E-state index in [9.17, 15) is 9.18 Å². The lowest BCUT2D eigenvalue weighted by Gasteiger charge is -2.35. The summed E-state index contributed by atoms with van der Waals surface area (Å²) in [6, 6.07) is 4.71. The summed E-state index contributed by atoms with van der Waals surface area (Å²) >= 11 is 5.75. The number of rotatable bonds is 1. The molecule has 0 atom stereocenters. The smallest absolute Gasteiger partial charge is 0.219 e. The van der Waals surface area contributed by atoms with Crippen molar-refractivity contribution in [3.63, 3.8) is 0 Å². The lowest BCUT2D eigenvalue weighted by atomic mass is 10.2. The van der Waals surface area contributed by atoms with Crippen molar-refractivity contribution in [3.8, 4) is 0 Å². The third-order valence-corrected chi connectivity index (χ3v) is 3.28. The molecule has 0 radical (unpaired) electrons. The maximum Gasteiger partial charge on any atom is 0.219 e. The fraction of sp³-hybridized carbons (Fsp3) is 0.417. The zero-order valence-electron chi connectivity index (χ0n) is 9.62. The molecule has 2 rings (SSSR count). The van der Waals surface area contributed by atoms with Crippen molar-refractivity contribution in [3.05, 3.63) is 29.0 Å². The summed E-state index contributed by atoms with van der Waals surface area (Å²) in [5.74, 6) is -0.306. The summed E-state index contributed by atoms with van der Waals surface area (Å²) in [6.07, 6.45) is 0. The number of piperazine rings is 1. The van der Waals surface area contributed by atoms with E-state index in [0.29, 0.717) is 13.1 Å². The largest absolute Gasteiger partial charge is 0.368 e. The molecule has 0 spiro atoms. The standard InChI is InChI=1S/C12H14ClFN2O/c1-9(17)15-4-6-16(7-5-15)10-2-3-12(14)11(13)8-10/h2-3,8H,4-7H2,1H3. The normalized spacial score (nSPS) is 16.2. The van der Waals surface area contributed by atoms with Crippen molar-refractivity contribution in [2.24, 2.45) is 0 Å². The number of hydrogen-bond acceptors (Lipinski definition) is 2. The monoisotopic (exact) mass is 256 g/mol. The first kappa shape index (κ1) is 12.2. The van der Waals surface area contributed by atoms with E-state index in [4.69, 9.17) is 11.6 Å². The van der Waals surface area contributed by atoms with Crippen molar-refractivity contribution in [2.45, 2.75) is 6.92 Å². The van der Waals surface area contributed by atoms with Gasteiger partial charge in [-0.15, -0.1) is 0 Å². The van der Waals surface area contributed by atoms with Crippen LogP contribution in [0.25, 0.3) is 0 Å². The molecule has 1 saturated heterocycles. The summed E-state index contributed by atoms with van der Waals surface area (Å²) in [5.41, 5.74) is 0.902. The van der Waals surface area contributed by atoms with Crippen LogP contribution in [0.5, 0.6) is 0 Å². The molecule has 0 aliphatic carbocycles. The Morgan fingerprint density at radius 3 is 2.47 bits per heavy atom. The Balaban J connectivity index is 2.05. The quantitative estimate of drug-likeness (QED) is 0.769. The number of benzene rings is 1. The predicted molar refractivity (Wildman–Crippen MR) is 65.9 cm³/mol. The van der Waals surface area contributed by atoms with Crippen LogP contribution in [-0.2, 0) is 4.79 Å². The van der Waals surface area contributed by atoms with Crippen LogP contribution in [0.4, 0.5) is 10.1 Å². The van der Waals surface area contributed by atoms with E-state index in [1.807, 2.05) is 4.90 Å². The van der Waals surface area contributed by atoms with Gasteiger partial charge in [0, 0.05) is 38.8 Å². The molecule has 0 unspecified atom stereocenters. The van der Waals surface area contributed by atoms with Gasteiger partial charge in [-0.1, -0.05) is 11.6 Å². The summed E-state index contributed by atoms with van der Waals surface area (Å²) in [5, 5.41) is 0.136. The van der Waals surface area contributed by atoms with Gasteiger partial charge in [-0.05, 0) is 18.2 Å². The topological polar surface area (TPSA) is 23.6 Å². The van der Waals surface area contributed by atoms with Gasteiger partial charge < -0.3 is 9.80 Å². The van der Waals surface area contributed by atoms with Crippen molar-refractivity contribution >= 4 is 23.2 Å². The molecule has 17 heavy (non-hydrogen) atoms. The molecule has 1 aromatic rings. The lowest BCUT2D eigenvalue weighted by Crippen LogP contribution is -2.48. The average molecular weight is 257 g/mol. The zero-order chi connectivity index (χ0) is 12.4. The maximum absolute atomic E-state index is 13.0. The number of amides is 1. The number of carbonyl (C=O) groups excluding carboxylic acids is 1. The molecule has 1 amide bonds. The van der Waals surface area contributed by atoms with Gasteiger partial charge in [0.15, 0.2) is 0 Å². The number of halogens is 2. The van der Waals surface area contributed by atoms with Crippen LogP contribution < -0.4 is 4.90 Å². The molecular formula is C12H14ClFN2O. The highest BCUT2D eigenvalue weighted by Crippen LogP contribution is 2.23. The molecule has 1 aromatic carbocycles. The van der Waals surface area contributed by atoms with E-state index in [1.54, 1.807) is 19.1 Å². The second-order valence-corrected chi connectivity index (χ2v) is 4.50. The second-order valence-electron chi connectivity index (χ2n) is 4.09. The van der Waals surface area contributed by atoms with Gasteiger partial charge in [-0.2, -0.15) is 0 Å². The SMILES string of the molecule is CC(=O)N1CCN(c2ccc(F)c(Cl)c2)CC1. The summed E-state index contributed by atoms with van der Waals surface area (Å²) in [7, 11) is 0. The average Bonchev–Trinajstić information content (AvgIpc) is 2.33. The van der Waals surface area contributed by atoms with Gasteiger partial charge in [0.1, 0.15) is 5.82 Å². The molecule has 3 nitrogen and oxygen atoms in total. The second kappa shape index (κ2) is 4.92. The van der Waals surface area contributed by atoms with Gasteiger partial charge in [-0.25, -0.2) is 4.39 Å². The molecule has 1 fully saturated rings. The third kappa shape index (κ3) is 2.69. The van der Waals surface area contributed by atoms with Gasteiger partial charge in [0.25, 0.3) is 0 Å². The first-order chi connectivity index (χ1) is 8.08. The Kier molecular flexibility index (Phi) is 3.52. The molecule has 1 aliphatic rings. The van der Waals surface area contributed by atoms with E-state index < -0.39 is 5.82 Å². The zero-order valence-corrected chi connectivity index (χ0v) is 10.4. The van der Waals surface area contributed by atoms with Crippen molar-refractivity contribution in [2.75, 3.05) is 31.1 Å². The number of anilines is 1. The number of carbonyl (C=O) groups is 1. The minimum absolute atomic E-state index is 0.0989. The predicted octanol–water partition coefficient (Wildman–Crippen LogP) is 2.15. The Morgan fingerprint density at radius 1 is 1.29 bits per heavy atom. The van der Waals surface area contributed by atoms with Crippen LogP contribution >= 0.6 is 11.6 Å². The molecular weight excluding hydrogens is 243 g/mol. The first-order valence-corrected chi connectivity index (χ1v) is 5.91. The van der Waals surface area contributed by atoms with Crippen LogP contribution in [-0.4, -0.2) is 37.0 Å². The minimum atomic E-state index is -0.405. The fourth-order valence-corrected chi connectivity index (χ4v) is 2.14. The highest BCUT2D eigenvalue weighted by molar-refractivity contribution is 6.31. The van der Waals surface area contributed by atoms with Gasteiger partial charge in [0.05, 0.1) is 5.02 Å². The first-order valence-electron chi connectivity index (χ1n) is 5.53. The van der Waals surface area contributed by atoms with Crippen LogP contribution in [0.15, 0.2) is 18.2 Å². The van der Waals surface area contributed by atoms with Gasteiger partial charge in [-0.3, -0.25) is 4.79 Å². The van der Waals surface area contributed by atoms with Crippen LogP contribution in [0.1, 0.15) is 6.92 Å². The van der Waals surface area contributed by atoms with Crippen molar-refractivity contribution < 1.29 is 9.18 Å². The van der Waals surface area contributed by atoms with E-state index in [-0.39, 0.29) is 10.9 Å². The summed E-state index contributed by atoms with van der Waals surface area (Å²) in [6.45, 7) is 4.47. The Hall–Kier alpha value is -1.29. The van der Waals surface area contributed by atoms with Gasteiger partial charge >= 0.3 is 0 Å². The van der Waals surface area contributed by atoms with Crippen LogP contribution in [0.2, 0.25) is 5.02 Å². The number of hydrogen-bond donors (Lipinski definition) is 0. The van der Waals surface area contributed by atoms with Crippen LogP contribution in [0, 0.1) is 5.82 Å². The molecule has 0 N–H and O–H groups in total. The van der Waals surface area contributed by atoms with Gasteiger partial charge in [0.2, 0.25) is 5.91 Å². The number of nitrogens with zero attached hydrogens (tertiary/aromatic N) is 2. The van der Waals surface area contributed by atoms with Crippen LogP contribution in [0.3, 0.4) is 0 Å². The molecule has 0 bridgehead atoms. The fourth-order valence-electron chi connectivity index (χ4n) is 1.96. The van der Waals surface area contributed by atoms with E-state index in [0.717, 1.165) is 18.8 Å². The Bertz CT molecular complexity index is 431. The van der Waals surface area contributed by atoms with Crippen molar-refractivity contribution in [1.82, 2.24) is 4.90 Å². The van der Waals surface area contributed by atoms with E-state index in [2.05, 4.69) is 4.90 Å². The highest BCUT2D eigenvalue weighted by atomic mass is 35.5. The van der Waals surface area contributed by atoms with E-state index in [1.165, 1.54) is 6.07 Å². The molecule has 0 saturated carbocycles. The molecule has 1 aliphatic heterocycles.